The molecule has 0 aliphatic heterocycles. The molecule has 2 heteroatoms. The maximum atomic E-state index is 12.0. The van der Waals surface area contributed by atoms with Crippen LogP contribution in [0.4, 0.5) is 0 Å². The molecule has 0 heterocycles. The number of allylic oxidation sites excluding steroid dienone is 1. The summed E-state index contributed by atoms with van der Waals surface area (Å²) in [5, 5.41) is 0. The number of hydrogen-bond donors (Lipinski definition) is 0. The van der Waals surface area contributed by atoms with Crippen LogP contribution in [0.15, 0.2) is 11.6 Å². The van der Waals surface area contributed by atoms with Gasteiger partial charge in [0.05, 0.1) is 6.61 Å². The zero-order valence-corrected chi connectivity index (χ0v) is 13.6. The molecule has 116 valence electrons. The maximum Gasteiger partial charge on any atom is 0.333 e. The molecule has 1 rings (SSSR count). The molecule has 0 saturated heterocycles. The first kappa shape index (κ1) is 17.3. The second-order valence-corrected chi connectivity index (χ2v) is 6.26. The molecular weight excluding hydrogens is 248 g/mol. The molecule has 0 spiro atoms. The Labute approximate surface area is 125 Å². The van der Waals surface area contributed by atoms with Crippen molar-refractivity contribution in [1.82, 2.24) is 0 Å². The van der Waals surface area contributed by atoms with Crippen LogP contribution in [0.2, 0.25) is 0 Å². The summed E-state index contributed by atoms with van der Waals surface area (Å²) in [5.41, 5.74) is 0.808. The summed E-state index contributed by atoms with van der Waals surface area (Å²) in [6.45, 7) is 6.88. The molecule has 1 aliphatic carbocycles. The lowest BCUT2D eigenvalue weighted by Crippen LogP contribution is -2.15. The summed E-state index contributed by atoms with van der Waals surface area (Å²) in [7, 11) is 0. The van der Waals surface area contributed by atoms with Gasteiger partial charge in [-0.25, -0.2) is 4.79 Å². The van der Waals surface area contributed by atoms with E-state index in [4.69, 9.17) is 4.74 Å². The average molecular weight is 280 g/mol. The van der Waals surface area contributed by atoms with Gasteiger partial charge in [0, 0.05) is 5.57 Å². The van der Waals surface area contributed by atoms with E-state index < -0.39 is 0 Å². The number of carbonyl (C=O) groups excluding carboxylic acids is 1. The number of esters is 1. The minimum Gasteiger partial charge on any atom is -0.462 e. The normalized spacial score (nSPS) is 18.9. The third-order valence-electron chi connectivity index (χ3n) is 4.45. The van der Waals surface area contributed by atoms with E-state index in [0.29, 0.717) is 18.4 Å². The zero-order valence-electron chi connectivity index (χ0n) is 13.6. The van der Waals surface area contributed by atoms with Gasteiger partial charge in [0.2, 0.25) is 0 Å². The summed E-state index contributed by atoms with van der Waals surface area (Å²) in [4.78, 5) is 12.0. The van der Waals surface area contributed by atoms with Crippen LogP contribution >= 0.6 is 0 Å². The summed E-state index contributed by atoms with van der Waals surface area (Å²) in [6.07, 6.45) is 13.3. The zero-order chi connectivity index (χ0) is 14.8. The Morgan fingerprint density at radius 1 is 1.25 bits per heavy atom. The van der Waals surface area contributed by atoms with Crippen LogP contribution in [0.5, 0.6) is 0 Å². The van der Waals surface area contributed by atoms with Gasteiger partial charge in [-0.1, -0.05) is 58.4 Å². The molecular formula is C18H32O2. The molecule has 0 N–H and O–H groups in total. The number of rotatable bonds is 8. The van der Waals surface area contributed by atoms with E-state index in [1.807, 2.05) is 6.92 Å². The van der Waals surface area contributed by atoms with Crippen LogP contribution in [0.1, 0.15) is 78.6 Å². The second-order valence-electron chi connectivity index (χ2n) is 6.26. The molecule has 2 nitrogen and oxygen atoms in total. The molecule has 0 amide bonds. The van der Waals surface area contributed by atoms with Crippen molar-refractivity contribution in [2.75, 3.05) is 6.61 Å². The van der Waals surface area contributed by atoms with Crippen molar-refractivity contribution in [2.24, 2.45) is 11.8 Å². The fraction of sp³-hybridized carbons (Fsp3) is 0.833. The predicted molar refractivity (Wildman–Crippen MR) is 84.6 cm³/mol. The van der Waals surface area contributed by atoms with Gasteiger partial charge in [0.25, 0.3) is 0 Å². The molecule has 1 saturated carbocycles. The van der Waals surface area contributed by atoms with Crippen LogP contribution in [-0.4, -0.2) is 12.6 Å². The van der Waals surface area contributed by atoms with Crippen molar-refractivity contribution in [3.8, 4) is 0 Å². The molecule has 1 atom stereocenters. The van der Waals surface area contributed by atoms with Gasteiger partial charge in [0.1, 0.15) is 0 Å². The van der Waals surface area contributed by atoms with E-state index in [1.54, 1.807) is 0 Å². The largest absolute Gasteiger partial charge is 0.462 e. The van der Waals surface area contributed by atoms with Gasteiger partial charge in [0.15, 0.2) is 0 Å². The Kier molecular flexibility index (Phi) is 8.64. The van der Waals surface area contributed by atoms with Crippen molar-refractivity contribution in [3.05, 3.63) is 11.6 Å². The Balaban J connectivity index is 2.34. The predicted octanol–water partition coefficient (Wildman–Crippen LogP) is 5.27. The lowest BCUT2D eigenvalue weighted by Gasteiger charge is -2.19. The highest BCUT2D eigenvalue weighted by Crippen LogP contribution is 2.25. The Morgan fingerprint density at radius 3 is 2.55 bits per heavy atom. The standard InChI is InChI=1S/C18H32O2/c1-4-6-10-16(5-2)14-20-18(19)15(3)13-17-11-8-7-9-12-17/h13,16-17H,4-12,14H2,1-3H3. The lowest BCUT2D eigenvalue weighted by atomic mass is 9.88. The van der Waals surface area contributed by atoms with E-state index >= 15 is 0 Å². The monoisotopic (exact) mass is 280 g/mol. The Bertz CT molecular complexity index is 301. The number of carbonyl (C=O) groups is 1. The summed E-state index contributed by atoms with van der Waals surface area (Å²) < 4.78 is 5.49. The van der Waals surface area contributed by atoms with E-state index in [-0.39, 0.29) is 5.97 Å². The van der Waals surface area contributed by atoms with Crippen LogP contribution in [0.3, 0.4) is 0 Å². The van der Waals surface area contributed by atoms with Crippen molar-refractivity contribution < 1.29 is 9.53 Å². The quantitative estimate of drug-likeness (QED) is 0.447. The molecule has 0 aromatic heterocycles. The Morgan fingerprint density at radius 2 is 1.95 bits per heavy atom. The molecule has 0 bridgehead atoms. The van der Waals surface area contributed by atoms with Crippen molar-refractivity contribution >= 4 is 5.97 Å². The third kappa shape index (κ3) is 6.58. The molecule has 0 radical (unpaired) electrons. The fourth-order valence-corrected chi connectivity index (χ4v) is 2.93. The summed E-state index contributed by atoms with van der Waals surface area (Å²) in [6, 6.07) is 0. The highest BCUT2D eigenvalue weighted by molar-refractivity contribution is 5.87. The first-order chi connectivity index (χ1) is 9.67. The van der Waals surface area contributed by atoms with E-state index in [1.165, 1.54) is 51.4 Å². The maximum absolute atomic E-state index is 12.0. The van der Waals surface area contributed by atoms with Gasteiger partial charge >= 0.3 is 5.97 Å². The van der Waals surface area contributed by atoms with Gasteiger partial charge in [-0.2, -0.15) is 0 Å². The first-order valence-corrected chi connectivity index (χ1v) is 8.52. The topological polar surface area (TPSA) is 26.3 Å². The average Bonchev–Trinajstić information content (AvgIpc) is 2.48. The second kappa shape index (κ2) is 10.0. The number of unbranched alkanes of at least 4 members (excludes halogenated alkanes) is 1. The van der Waals surface area contributed by atoms with Gasteiger partial charge < -0.3 is 4.74 Å². The summed E-state index contributed by atoms with van der Waals surface area (Å²) >= 11 is 0. The SMILES string of the molecule is CCCCC(CC)COC(=O)C(C)=CC1CCCCC1. The Hall–Kier alpha value is -0.790. The highest BCUT2D eigenvalue weighted by Gasteiger charge is 2.15. The third-order valence-corrected chi connectivity index (χ3v) is 4.45. The number of ether oxygens (including phenoxy) is 1. The molecule has 0 aromatic carbocycles. The van der Waals surface area contributed by atoms with Gasteiger partial charge in [-0.15, -0.1) is 0 Å². The minimum atomic E-state index is -0.106. The highest BCUT2D eigenvalue weighted by atomic mass is 16.5. The first-order valence-electron chi connectivity index (χ1n) is 8.52. The fourth-order valence-electron chi connectivity index (χ4n) is 2.93. The molecule has 1 unspecified atom stereocenters. The van der Waals surface area contributed by atoms with Crippen molar-refractivity contribution in [3.63, 3.8) is 0 Å². The molecule has 1 fully saturated rings. The van der Waals surface area contributed by atoms with Crippen LogP contribution in [0, 0.1) is 11.8 Å². The minimum absolute atomic E-state index is 0.106. The lowest BCUT2D eigenvalue weighted by molar-refractivity contribution is -0.140. The number of hydrogen-bond acceptors (Lipinski definition) is 2. The van der Waals surface area contributed by atoms with Crippen molar-refractivity contribution in [1.29, 1.82) is 0 Å². The van der Waals surface area contributed by atoms with E-state index in [9.17, 15) is 4.79 Å². The van der Waals surface area contributed by atoms with E-state index in [2.05, 4.69) is 19.9 Å². The van der Waals surface area contributed by atoms with E-state index in [0.717, 1.165) is 12.0 Å². The van der Waals surface area contributed by atoms with Crippen LogP contribution < -0.4 is 0 Å². The molecule has 0 aromatic rings. The van der Waals surface area contributed by atoms with Crippen molar-refractivity contribution in [2.45, 2.75) is 78.6 Å². The van der Waals surface area contributed by atoms with Crippen LogP contribution in [-0.2, 0) is 9.53 Å². The smallest absolute Gasteiger partial charge is 0.333 e. The molecule has 1 aliphatic rings. The van der Waals surface area contributed by atoms with Crippen LogP contribution in [0.25, 0.3) is 0 Å². The molecule has 20 heavy (non-hydrogen) atoms. The van der Waals surface area contributed by atoms with Gasteiger partial charge in [-0.05, 0) is 38.0 Å². The summed E-state index contributed by atoms with van der Waals surface area (Å²) in [5.74, 6) is 1.02. The van der Waals surface area contributed by atoms with Gasteiger partial charge in [-0.3, -0.25) is 0 Å².